The van der Waals surface area contributed by atoms with Gasteiger partial charge in [0, 0.05) is 6.42 Å². The number of nitrogens with zero attached hydrogens (tertiary/aromatic N) is 2. The predicted octanol–water partition coefficient (Wildman–Crippen LogP) is 2.37. The molecule has 1 aromatic heterocycles. The van der Waals surface area contributed by atoms with Crippen molar-refractivity contribution >= 4 is 11.6 Å². The molecule has 1 N–H and O–H groups in total. The second-order valence-corrected chi connectivity index (χ2v) is 4.68. The predicted molar refractivity (Wildman–Crippen MR) is 58.8 cm³/mol. The SMILES string of the molecule is OC1(Cc2cnc(Cl)cn2)CCCCC1. The molecule has 15 heavy (non-hydrogen) atoms. The van der Waals surface area contributed by atoms with Crippen molar-refractivity contribution in [2.75, 3.05) is 0 Å². The van der Waals surface area contributed by atoms with Crippen molar-refractivity contribution in [2.24, 2.45) is 0 Å². The number of aliphatic hydroxyl groups is 1. The van der Waals surface area contributed by atoms with Crippen molar-refractivity contribution in [3.8, 4) is 0 Å². The van der Waals surface area contributed by atoms with Crippen molar-refractivity contribution in [1.82, 2.24) is 9.97 Å². The van der Waals surface area contributed by atoms with Crippen LogP contribution in [0.4, 0.5) is 0 Å². The van der Waals surface area contributed by atoms with Crippen molar-refractivity contribution in [3.63, 3.8) is 0 Å². The Hall–Kier alpha value is -0.670. The number of aromatic nitrogens is 2. The Morgan fingerprint density at radius 3 is 2.53 bits per heavy atom. The Labute approximate surface area is 94.5 Å². The minimum absolute atomic E-state index is 0.398. The van der Waals surface area contributed by atoms with E-state index in [0.717, 1.165) is 31.4 Å². The van der Waals surface area contributed by atoms with Crippen LogP contribution >= 0.6 is 11.6 Å². The monoisotopic (exact) mass is 226 g/mol. The molecule has 1 heterocycles. The van der Waals surface area contributed by atoms with E-state index in [2.05, 4.69) is 9.97 Å². The summed E-state index contributed by atoms with van der Waals surface area (Å²) in [5.41, 5.74) is 0.254. The van der Waals surface area contributed by atoms with E-state index in [9.17, 15) is 5.11 Å². The summed E-state index contributed by atoms with van der Waals surface area (Å²) >= 11 is 5.65. The maximum absolute atomic E-state index is 10.3. The van der Waals surface area contributed by atoms with Gasteiger partial charge in [-0.2, -0.15) is 0 Å². The van der Waals surface area contributed by atoms with E-state index in [1.54, 1.807) is 6.20 Å². The van der Waals surface area contributed by atoms with Crippen molar-refractivity contribution in [2.45, 2.75) is 44.1 Å². The van der Waals surface area contributed by atoms with Gasteiger partial charge in [0.1, 0.15) is 5.15 Å². The standard InChI is InChI=1S/C11H15ClN2O/c12-10-8-13-9(7-14-10)6-11(15)4-2-1-3-5-11/h7-8,15H,1-6H2. The lowest BCUT2D eigenvalue weighted by Crippen LogP contribution is -2.34. The molecular weight excluding hydrogens is 212 g/mol. The molecule has 0 saturated heterocycles. The third-order valence-corrected chi connectivity index (χ3v) is 3.16. The lowest BCUT2D eigenvalue weighted by molar-refractivity contribution is 0.00359. The molecule has 0 aromatic carbocycles. The van der Waals surface area contributed by atoms with Gasteiger partial charge in [0.25, 0.3) is 0 Å². The van der Waals surface area contributed by atoms with Gasteiger partial charge < -0.3 is 5.11 Å². The number of rotatable bonds is 2. The zero-order valence-electron chi connectivity index (χ0n) is 8.62. The van der Waals surface area contributed by atoms with Gasteiger partial charge >= 0.3 is 0 Å². The van der Waals surface area contributed by atoms with E-state index < -0.39 is 5.60 Å². The Morgan fingerprint density at radius 2 is 1.93 bits per heavy atom. The van der Waals surface area contributed by atoms with Crippen LogP contribution in [0.3, 0.4) is 0 Å². The summed E-state index contributed by atoms with van der Waals surface area (Å²) < 4.78 is 0. The van der Waals surface area contributed by atoms with Crippen LogP contribution in [0.25, 0.3) is 0 Å². The molecule has 82 valence electrons. The molecule has 0 amide bonds. The molecule has 0 unspecified atom stereocenters. The van der Waals surface area contributed by atoms with Crippen LogP contribution in [-0.4, -0.2) is 20.7 Å². The first-order chi connectivity index (χ1) is 7.18. The van der Waals surface area contributed by atoms with E-state index in [1.807, 2.05) is 0 Å². The third kappa shape index (κ3) is 2.89. The van der Waals surface area contributed by atoms with Crippen LogP contribution in [0.2, 0.25) is 5.15 Å². The summed E-state index contributed by atoms with van der Waals surface area (Å²) in [4.78, 5) is 8.13. The van der Waals surface area contributed by atoms with Crippen molar-refractivity contribution < 1.29 is 5.11 Å². The minimum Gasteiger partial charge on any atom is -0.389 e. The smallest absolute Gasteiger partial charge is 0.147 e. The summed E-state index contributed by atoms with van der Waals surface area (Å²) in [5.74, 6) is 0. The van der Waals surface area contributed by atoms with E-state index in [4.69, 9.17) is 11.6 Å². The van der Waals surface area contributed by atoms with Crippen LogP contribution < -0.4 is 0 Å². The van der Waals surface area contributed by atoms with Gasteiger partial charge in [-0.3, -0.25) is 4.98 Å². The highest BCUT2D eigenvalue weighted by molar-refractivity contribution is 6.29. The summed E-state index contributed by atoms with van der Waals surface area (Å²) in [6.45, 7) is 0. The fourth-order valence-corrected chi connectivity index (χ4v) is 2.25. The van der Waals surface area contributed by atoms with Gasteiger partial charge in [-0.15, -0.1) is 0 Å². The van der Waals surface area contributed by atoms with Gasteiger partial charge in [-0.25, -0.2) is 4.98 Å². The topological polar surface area (TPSA) is 46.0 Å². The number of hydrogen-bond donors (Lipinski definition) is 1. The molecule has 4 heteroatoms. The van der Waals surface area contributed by atoms with Gasteiger partial charge in [0.15, 0.2) is 0 Å². The largest absolute Gasteiger partial charge is 0.389 e. The van der Waals surface area contributed by atoms with E-state index in [0.29, 0.717) is 11.6 Å². The fourth-order valence-electron chi connectivity index (χ4n) is 2.15. The second kappa shape index (κ2) is 4.45. The highest BCUT2D eigenvalue weighted by atomic mass is 35.5. The number of hydrogen-bond acceptors (Lipinski definition) is 3. The normalized spacial score (nSPS) is 20.1. The molecule has 0 atom stereocenters. The quantitative estimate of drug-likeness (QED) is 0.842. The third-order valence-electron chi connectivity index (χ3n) is 2.97. The molecule has 1 aliphatic rings. The molecule has 3 nitrogen and oxygen atoms in total. The minimum atomic E-state index is -0.569. The summed E-state index contributed by atoms with van der Waals surface area (Å²) in [6, 6.07) is 0. The van der Waals surface area contributed by atoms with Gasteiger partial charge in [0.05, 0.1) is 23.7 Å². The molecule has 1 aromatic rings. The molecule has 1 aliphatic carbocycles. The Balaban J connectivity index is 2.03. The van der Waals surface area contributed by atoms with E-state index in [-0.39, 0.29) is 0 Å². The summed E-state index contributed by atoms with van der Waals surface area (Å²) in [6.07, 6.45) is 8.97. The van der Waals surface area contributed by atoms with Crippen LogP contribution in [0.15, 0.2) is 12.4 Å². The second-order valence-electron chi connectivity index (χ2n) is 4.29. The molecule has 2 rings (SSSR count). The Morgan fingerprint density at radius 1 is 1.20 bits per heavy atom. The Bertz CT molecular complexity index is 320. The van der Waals surface area contributed by atoms with Gasteiger partial charge in [-0.1, -0.05) is 30.9 Å². The first kappa shape index (κ1) is 10.8. The highest BCUT2D eigenvalue weighted by Crippen LogP contribution is 2.30. The fraction of sp³-hybridized carbons (Fsp3) is 0.636. The van der Waals surface area contributed by atoms with Gasteiger partial charge in [0.2, 0.25) is 0 Å². The highest BCUT2D eigenvalue weighted by Gasteiger charge is 2.29. The van der Waals surface area contributed by atoms with E-state index in [1.165, 1.54) is 12.6 Å². The Kier molecular flexibility index (Phi) is 3.22. The van der Waals surface area contributed by atoms with Crippen molar-refractivity contribution in [1.29, 1.82) is 0 Å². The molecule has 0 aliphatic heterocycles. The first-order valence-electron chi connectivity index (χ1n) is 5.37. The molecule has 0 bridgehead atoms. The maximum Gasteiger partial charge on any atom is 0.147 e. The lowest BCUT2D eigenvalue weighted by atomic mass is 9.82. The zero-order valence-corrected chi connectivity index (χ0v) is 9.37. The van der Waals surface area contributed by atoms with Crippen molar-refractivity contribution in [3.05, 3.63) is 23.2 Å². The van der Waals surface area contributed by atoms with Crippen LogP contribution in [0.5, 0.6) is 0 Å². The van der Waals surface area contributed by atoms with Crippen LogP contribution in [0.1, 0.15) is 37.8 Å². The van der Waals surface area contributed by atoms with Crippen LogP contribution in [0, 0.1) is 0 Å². The lowest BCUT2D eigenvalue weighted by Gasteiger charge is -2.31. The molecule has 0 spiro atoms. The molecule has 1 fully saturated rings. The molecule has 0 radical (unpaired) electrons. The van der Waals surface area contributed by atoms with Gasteiger partial charge in [-0.05, 0) is 12.8 Å². The zero-order chi connectivity index (χ0) is 10.7. The number of halogens is 1. The van der Waals surface area contributed by atoms with E-state index >= 15 is 0 Å². The maximum atomic E-state index is 10.3. The first-order valence-corrected chi connectivity index (χ1v) is 5.75. The van der Waals surface area contributed by atoms with Crippen LogP contribution in [-0.2, 0) is 6.42 Å². The molecule has 1 saturated carbocycles. The average molecular weight is 227 g/mol. The molecular formula is C11H15ClN2O. The summed E-state index contributed by atoms with van der Waals surface area (Å²) in [5, 5.41) is 10.7. The average Bonchev–Trinajstić information content (AvgIpc) is 2.22. The summed E-state index contributed by atoms with van der Waals surface area (Å²) in [7, 11) is 0.